The van der Waals surface area contributed by atoms with Gasteiger partial charge in [0, 0.05) is 21.7 Å². The van der Waals surface area contributed by atoms with E-state index in [9.17, 15) is 9.59 Å². The lowest BCUT2D eigenvalue weighted by molar-refractivity contribution is -0.130. The lowest BCUT2D eigenvalue weighted by Crippen LogP contribution is -2.40. The number of amides is 3. The first-order chi connectivity index (χ1) is 8.92. The van der Waals surface area contributed by atoms with Gasteiger partial charge in [-0.25, -0.2) is 4.79 Å². The maximum Gasteiger partial charge on any atom is 0.325 e. The molecule has 1 N–H and O–H groups in total. The summed E-state index contributed by atoms with van der Waals surface area (Å²) in [6.45, 7) is 3.85. The van der Waals surface area contributed by atoms with Crippen LogP contribution in [0, 0.1) is 0 Å². The average molecular weight is 343 g/mol. The molecule has 2 rings (SSSR count). The Hall–Kier alpha value is -1.01. The molecule has 4 nitrogen and oxygen atoms in total. The molecule has 1 heterocycles. The second-order valence-electron chi connectivity index (χ2n) is 4.79. The third kappa shape index (κ3) is 3.12. The Labute approximate surface area is 125 Å². The van der Waals surface area contributed by atoms with Crippen LogP contribution >= 0.6 is 27.7 Å². The summed E-state index contributed by atoms with van der Waals surface area (Å²) in [6.07, 6.45) is 0. The average Bonchev–Trinajstić information content (AvgIpc) is 2.53. The first-order valence-corrected chi connectivity index (χ1v) is 7.71. The molecule has 0 radical (unpaired) electrons. The van der Waals surface area contributed by atoms with Crippen LogP contribution in [0.2, 0.25) is 0 Å². The van der Waals surface area contributed by atoms with E-state index in [1.807, 2.05) is 24.3 Å². The molecule has 102 valence electrons. The Kier molecular flexibility index (Phi) is 4.20. The largest absolute Gasteiger partial charge is 0.325 e. The van der Waals surface area contributed by atoms with E-state index in [0.717, 1.165) is 9.37 Å². The molecule has 1 saturated heterocycles. The molecule has 1 aliphatic rings. The minimum absolute atomic E-state index is 0.162. The van der Waals surface area contributed by atoms with Crippen molar-refractivity contribution in [2.75, 3.05) is 12.3 Å². The maximum atomic E-state index is 12.0. The van der Waals surface area contributed by atoms with Crippen molar-refractivity contribution in [3.8, 4) is 0 Å². The van der Waals surface area contributed by atoms with Crippen LogP contribution in [-0.2, 0) is 4.79 Å². The fraction of sp³-hybridized carbons (Fsp3) is 0.385. The van der Waals surface area contributed by atoms with Crippen molar-refractivity contribution < 1.29 is 9.59 Å². The van der Waals surface area contributed by atoms with Gasteiger partial charge in [-0.15, -0.1) is 11.8 Å². The summed E-state index contributed by atoms with van der Waals surface area (Å²) in [5.74, 6) is 0.517. The fourth-order valence-corrected chi connectivity index (χ4v) is 3.33. The summed E-state index contributed by atoms with van der Waals surface area (Å²) in [5, 5.41) is 2.67. The van der Waals surface area contributed by atoms with Crippen LogP contribution in [0.3, 0.4) is 0 Å². The number of hydrogen-bond donors (Lipinski definition) is 1. The molecule has 1 aliphatic heterocycles. The molecule has 3 amide bonds. The number of carbonyl (C=O) groups excluding carboxylic acids is 2. The van der Waals surface area contributed by atoms with E-state index in [2.05, 4.69) is 21.2 Å². The highest BCUT2D eigenvalue weighted by Gasteiger charge is 2.43. The highest BCUT2D eigenvalue weighted by molar-refractivity contribution is 9.10. The van der Waals surface area contributed by atoms with Crippen LogP contribution in [0.15, 0.2) is 33.6 Å². The summed E-state index contributed by atoms with van der Waals surface area (Å²) in [7, 11) is 0. The standard InChI is InChI=1S/C13H15BrN2O2S/c1-13(2)11(17)16(12(18)15-13)7-8-19-10-6-4-3-5-9(10)14/h3-6H,7-8H2,1-2H3,(H,15,18). The molecule has 0 spiro atoms. The van der Waals surface area contributed by atoms with Gasteiger partial charge >= 0.3 is 6.03 Å². The van der Waals surface area contributed by atoms with Crippen molar-refractivity contribution in [1.29, 1.82) is 0 Å². The summed E-state index contributed by atoms with van der Waals surface area (Å²) in [4.78, 5) is 26.0. The molecule has 0 unspecified atom stereocenters. The summed E-state index contributed by atoms with van der Waals surface area (Å²) in [5.41, 5.74) is -0.783. The second kappa shape index (κ2) is 5.54. The lowest BCUT2D eigenvalue weighted by atomic mass is 10.1. The van der Waals surface area contributed by atoms with Crippen LogP contribution in [0.1, 0.15) is 13.8 Å². The SMILES string of the molecule is CC1(C)NC(=O)N(CCSc2ccccc2Br)C1=O. The zero-order valence-corrected chi connectivity index (χ0v) is 13.2. The predicted octanol–water partition coefficient (Wildman–Crippen LogP) is 2.87. The molecule has 1 aromatic rings. The topological polar surface area (TPSA) is 49.4 Å². The zero-order valence-electron chi connectivity index (χ0n) is 10.8. The fourth-order valence-electron chi connectivity index (χ4n) is 1.83. The van der Waals surface area contributed by atoms with Gasteiger partial charge in [0.05, 0.1) is 0 Å². The van der Waals surface area contributed by atoms with Crippen molar-refractivity contribution in [3.05, 3.63) is 28.7 Å². The van der Waals surface area contributed by atoms with Gasteiger partial charge in [0.1, 0.15) is 5.54 Å². The molecule has 6 heteroatoms. The van der Waals surface area contributed by atoms with Crippen LogP contribution in [0.5, 0.6) is 0 Å². The molecular weight excluding hydrogens is 328 g/mol. The van der Waals surface area contributed by atoms with Gasteiger partial charge in [0.15, 0.2) is 0 Å². The zero-order chi connectivity index (χ0) is 14.0. The third-order valence-electron chi connectivity index (χ3n) is 2.85. The van der Waals surface area contributed by atoms with E-state index in [4.69, 9.17) is 0 Å². The van der Waals surface area contributed by atoms with Gasteiger partial charge in [-0.2, -0.15) is 0 Å². The Morgan fingerprint density at radius 3 is 2.58 bits per heavy atom. The highest BCUT2D eigenvalue weighted by Crippen LogP contribution is 2.27. The Morgan fingerprint density at radius 2 is 2.00 bits per heavy atom. The van der Waals surface area contributed by atoms with E-state index < -0.39 is 5.54 Å². The number of nitrogens with zero attached hydrogens (tertiary/aromatic N) is 1. The number of benzene rings is 1. The molecule has 0 bridgehead atoms. The van der Waals surface area contributed by atoms with Gasteiger partial charge in [-0.3, -0.25) is 9.69 Å². The maximum absolute atomic E-state index is 12.0. The van der Waals surface area contributed by atoms with Crippen LogP contribution in [-0.4, -0.2) is 34.7 Å². The van der Waals surface area contributed by atoms with Gasteiger partial charge in [0.25, 0.3) is 5.91 Å². The Balaban J connectivity index is 1.92. The van der Waals surface area contributed by atoms with E-state index in [1.165, 1.54) is 4.90 Å². The van der Waals surface area contributed by atoms with Gasteiger partial charge in [-0.05, 0) is 41.9 Å². The summed E-state index contributed by atoms with van der Waals surface area (Å²) >= 11 is 5.09. The molecule has 0 saturated carbocycles. The van der Waals surface area contributed by atoms with Gasteiger partial charge in [0.2, 0.25) is 0 Å². The number of carbonyl (C=O) groups is 2. The highest BCUT2D eigenvalue weighted by atomic mass is 79.9. The van der Waals surface area contributed by atoms with E-state index in [0.29, 0.717) is 12.3 Å². The van der Waals surface area contributed by atoms with E-state index in [1.54, 1.807) is 25.6 Å². The van der Waals surface area contributed by atoms with Crippen molar-refractivity contribution in [1.82, 2.24) is 10.2 Å². The third-order valence-corrected chi connectivity index (χ3v) is 4.86. The first kappa shape index (κ1) is 14.4. The lowest BCUT2D eigenvalue weighted by Gasteiger charge is -2.15. The number of urea groups is 1. The number of halogens is 1. The quantitative estimate of drug-likeness (QED) is 0.676. The molecule has 0 aliphatic carbocycles. The minimum atomic E-state index is -0.783. The van der Waals surface area contributed by atoms with Crippen LogP contribution < -0.4 is 5.32 Å². The second-order valence-corrected chi connectivity index (χ2v) is 6.78. The van der Waals surface area contributed by atoms with E-state index in [-0.39, 0.29) is 11.9 Å². The minimum Gasteiger partial charge on any atom is -0.324 e. The number of imide groups is 1. The molecule has 19 heavy (non-hydrogen) atoms. The number of nitrogens with one attached hydrogen (secondary N) is 1. The van der Waals surface area contributed by atoms with Gasteiger partial charge in [-0.1, -0.05) is 12.1 Å². The molecule has 1 fully saturated rings. The summed E-state index contributed by atoms with van der Waals surface area (Å²) < 4.78 is 1.03. The molecule has 0 aromatic heterocycles. The van der Waals surface area contributed by atoms with E-state index >= 15 is 0 Å². The van der Waals surface area contributed by atoms with Crippen molar-refractivity contribution in [2.24, 2.45) is 0 Å². The van der Waals surface area contributed by atoms with Crippen molar-refractivity contribution in [2.45, 2.75) is 24.3 Å². The van der Waals surface area contributed by atoms with Gasteiger partial charge < -0.3 is 5.32 Å². The van der Waals surface area contributed by atoms with Crippen LogP contribution in [0.25, 0.3) is 0 Å². The monoisotopic (exact) mass is 342 g/mol. The Morgan fingerprint density at radius 1 is 1.32 bits per heavy atom. The molecular formula is C13H15BrN2O2S. The normalized spacial score (nSPS) is 17.7. The van der Waals surface area contributed by atoms with Crippen molar-refractivity contribution in [3.63, 3.8) is 0 Å². The van der Waals surface area contributed by atoms with Crippen molar-refractivity contribution >= 4 is 39.6 Å². The number of hydrogen-bond acceptors (Lipinski definition) is 3. The predicted molar refractivity (Wildman–Crippen MR) is 79.2 cm³/mol. The molecule has 0 atom stereocenters. The first-order valence-electron chi connectivity index (χ1n) is 5.93. The Bertz CT molecular complexity index is 519. The number of rotatable bonds is 4. The molecule has 1 aromatic carbocycles. The van der Waals surface area contributed by atoms with Crippen LogP contribution in [0.4, 0.5) is 4.79 Å². The number of thioether (sulfide) groups is 1. The smallest absolute Gasteiger partial charge is 0.324 e. The summed E-state index contributed by atoms with van der Waals surface area (Å²) in [6, 6.07) is 7.59.